The summed E-state index contributed by atoms with van der Waals surface area (Å²) < 4.78 is 0. The molecule has 3 heterocycles. The summed E-state index contributed by atoms with van der Waals surface area (Å²) in [5.41, 5.74) is 2.82. The monoisotopic (exact) mass is 342 g/mol. The maximum absolute atomic E-state index is 12.0. The van der Waals surface area contributed by atoms with Crippen molar-refractivity contribution in [2.75, 3.05) is 18.4 Å². The minimum absolute atomic E-state index is 0.0692. The van der Waals surface area contributed by atoms with Gasteiger partial charge in [-0.05, 0) is 38.3 Å². The van der Waals surface area contributed by atoms with Crippen LogP contribution in [0, 0.1) is 6.92 Å². The minimum Gasteiger partial charge on any atom is -0.339 e. The highest BCUT2D eigenvalue weighted by Crippen LogP contribution is 2.31. The Morgan fingerprint density at radius 3 is 2.83 bits per heavy atom. The number of carbonyl (C=O) groups excluding carboxylic acids is 1. The molecule has 0 atom stereocenters. The summed E-state index contributed by atoms with van der Waals surface area (Å²) in [5.74, 6) is 1.33. The Bertz CT molecular complexity index is 747. The number of nitrogens with one attached hydrogen (secondary N) is 1. The maximum Gasteiger partial charge on any atom is 0.248 e. The molecule has 2 aromatic rings. The van der Waals surface area contributed by atoms with Crippen molar-refractivity contribution < 1.29 is 4.79 Å². The van der Waals surface area contributed by atoms with Crippen LogP contribution >= 0.6 is 11.3 Å². The molecule has 126 valence electrons. The first-order valence-corrected chi connectivity index (χ1v) is 9.01. The number of amides is 1. The van der Waals surface area contributed by atoms with Gasteiger partial charge in [0.15, 0.2) is 5.13 Å². The molecule has 1 saturated heterocycles. The molecular formula is C18H22N4OS. The van der Waals surface area contributed by atoms with Gasteiger partial charge in [0.25, 0.3) is 0 Å². The summed E-state index contributed by atoms with van der Waals surface area (Å²) in [6.45, 7) is 9.09. The average molecular weight is 342 g/mol. The van der Waals surface area contributed by atoms with Crippen molar-refractivity contribution in [2.24, 2.45) is 0 Å². The molecule has 0 unspecified atom stereocenters. The molecule has 3 rings (SSSR count). The predicted octanol–water partition coefficient (Wildman–Crippen LogP) is 3.87. The Labute approximate surface area is 146 Å². The van der Waals surface area contributed by atoms with E-state index < -0.39 is 0 Å². The smallest absolute Gasteiger partial charge is 0.248 e. The number of aryl methyl sites for hydroxylation is 1. The van der Waals surface area contributed by atoms with Gasteiger partial charge in [0.1, 0.15) is 5.82 Å². The standard InChI is InChI=1S/C18H22N4OS/c1-12(2)17(23)22-9-6-14(7-10-22)15-11-24-18(20-15)21-16-13(3)5-4-8-19-16/h4-5,8,11,14H,1,6-7,9-10H2,2-3H3,(H,19,20,21). The van der Waals surface area contributed by atoms with Crippen molar-refractivity contribution in [3.63, 3.8) is 0 Å². The summed E-state index contributed by atoms with van der Waals surface area (Å²) in [7, 11) is 0. The van der Waals surface area contributed by atoms with Gasteiger partial charge in [-0.25, -0.2) is 9.97 Å². The highest BCUT2D eigenvalue weighted by atomic mass is 32.1. The highest BCUT2D eigenvalue weighted by Gasteiger charge is 2.25. The highest BCUT2D eigenvalue weighted by molar-refractivity contribution is 7.13. The van der Waals surface area contributed by atoms with Crippen LogP contribution in [-0.2, 0) is 4.79 Å². The number of anilines is 2. The Morgan fingerprint density at radius 1 is 1.42 bits per heavy atom. The molecule has 0 radical (unpaired) electrons. The van der Waals surface area contributed by atoms with Gasteiger partial charge in [-0.15, -0.1) is 11.3 Å². The van der Waals surface area contributed by atoms with Crippen molar-refractivity contribution in [1.29, 1.82) is 0 Å². The van der Waals surface area contributed by atoms with Crippen LogP contribution in [0.2, 0.25) is 0 Å². The third kappa shape index (κ3) is 3.64. The number of thiazole rings is 1. The van der Waals surface area contributed by atoms with E-state index in [1.165, 1.54) is 0 Å². The summed E-state index contributed by atoms with van der Waals surface area (Å²) >= 11 is 1.60. The Kier molecular flexibility index (Phi) is 4.94. The van der Waals surface area contributed by atoms with E-state index in [2.05, 4.69) is 22.3 Å². The largest absolute Gasteiger partial charge is 0.339 e. The number of pyridine rings is 1. The van der Waals surface area contributed by atoms with E-state index in [0.717, 1.165) is 48.1 Å². The molecule has 24 heavy (non-hydrogen) atoms. The van der Waals surface area contributed by atoms with Gasteiger partial charge in [-0.1, -0.05) is 12.6 Å². The molecule has 0 spiro atoms. The number of nitrogens with zero attached hydrogens (tertiary/aromatic N) is 3. The maximum atomic E-state index is 12.0. The van der Waals surface area contributed by atoms with E-state index in [1.807, 2.05) is 24.0 Å². The Hall–Kier alpha value is -2.21. The number of carbonyl (C=O) groups is 1. The molecule has 1 aliphatic heterocycles. The van der Waals surface area contributed by atoms with Crippen molar-refractivity contribution in [2.45, 2.75) is 32.6 Å². The normalized spacial score (nSPS) is 15.3. The molecule has 0 saturated carbocycles. The van der Waals surface area contributed by atoms with Crippen LogP contribution in [0.25, 0.3) is 0 Å². The number of hydrogen-bond donors (Lipinski definition) is 1. The van der Waals surface area contributed by atoms with Crippen LogP contribution in [0.1, 0.15) is 36.9 Å². The van der Waals surface area contributed by atoms with E-state index in [9.17, 15) is 4.79 Å². The lowest BCUT2D eigenvalue weighted by molar-refractivity contribution is -0.128. The topological polar surface area (TPSA) is 58.1 Å². The van der Waals surface area contributed by atoms with Crippen molar-refractivity contribution in [3.8, 4) is 0 Å². The first-order valence-electron chi connectivity index (χ1n) is 8.13. The zero-order valence-electron chi connectivity index (χ0n) is 14.1. The van der Waals surface area contributed by atoms with E-state index in [1.54, 1.807) is 24.5 Å². The van der Waals surface area contributed by atoms with Crippen LogP contribution < -0.4 is 5.32 Å². The lowest BCUT2D eigenvalue weighted by atomic mass is 9.94. The summed E-state index contributed by atoms with van der Waals surface area (Å²) in [5, 5.41) is 6.27. The van der Waals surface area contributed by atoms with Gasteiger partial charge in [0.2, 0.25) is 5.91 Å². The fraction of sp³-hybridized carbons (Fsp3) is 0.389. The lowest BCUT2D eigenvalue weighted by Crippen LogP contribution is -2.38. The molecule has 0 aromatic carbocycles. The quantitative estimate of drug-likeness (QED) is 0.857. The number of rotatable bonds is 4. The van der Waals surface area contributed by atoms with Gasteiger partial charge < -0.3 is 10.2 Å². The molecule has 5 nitrogen and oxygen atoms in total. The summed E-state index contributed by atoms with van der Waals surface area (Å²) in [4.78, 5) is 22.9. The second-order valence-electron chi connectivity index (χ2n) is 6.22. The molecule has 2 aromatic heterocycles. The zero-order valence-corrected chi connectivity index (χ0v) is 14.9. The van der Waals surface area contributed by atoms with Gasteiger partial charge in [0, 0.05) is 36.2 Å². The number of hydrogen-bond acceptors (Lipinski definition) is 5. The first-order chi connectivity index (χ1) is 11.5. The van der Waals surface area contributed by atoms with Gasteiger partial charge >= 0.3 is 0 Å². The number of likely N-dealkylation sites (tertiary alicyclic amines) is 1. The molecule has 1 aliphatic rings. The third-order valence-corrected chi connectivity index (χ3v) is 5.10. The number of aromatic nitrogens is 2. The lowest BCUT2D eigenvalue weighted by Gasteiger charge is -2.31. The number of piperidine rings is 1. The Morgan fingerprint density at radius 2 is 2.17 bits per heavy atom. The molecule has 0 bridgehead atoms. The van der Waals surface area contributed by atoms with E-state index in [4.69, 9.17) is 4.98 Å². The van der Waals surface area contributed by atoms with Gasteiger partial charge in [0.05, 0.1) is 5.69 Å². The van der Waals surface area contributed by atoms with Crippen molar-refractivity contribution in [1.82, 2.24) is 14.9 Å². The van der Waals surface area contributed by atoms with Crippen LogP contribution in [0.15, 0.2) is 35.9 Å². The first kappa shape index (κ1) is 16.6. The molecule has 1 N–H and O–H groups in total. The summed E-state index contributed by atoms with van der Waals surface area (Å²) in [6, 6.07) is 3.95. The Balaban J connectivity index is 1.62. The second-order valence-corrected chi connectivity index (χ2v) is 7.08. The van der Waals surface area contributed by atoms with E-state index in [0.29, 0.717) is 11.5 Å². The molecule has 1 fully saturated rings. The fourth-order valence-corrected chi connectivity index (χ4v) is 3.69. The fourth-order valence-electron chi connectivity index (χ4n) is 2.90. The van der Waals surface area contributed by atoms with Crippen molar-refractivity contribution >= 4 is 28.2 Å². The SMILES string of the molecule is C=C(C)C(=O)N1CCC(c2csc(Nc3ncccc3C)n2)CC1. The van der Waals surface area contributed by atoms with Gasteiger partial charge in [-0.3, -0.25) is 4.79 Å². The second kappa shape index (κ2) is 7.13. The molecular weight excluding hydrogens is 320 g/mol. The van der Waals surface area contributed by atoms with Crippen LogP contribution in [0.4, 0.5) is 10.9 Å². The van der Waals surface area contributed by atoms with Crippen molar-refractivity contribution in [3.05, 3.63) is 47.1 Å². The van der Waals surface area contributed by atoms with Crippen LogP contribution in [-0.4, -0.2) is 33.9 Å². The molecule has 1 amide bonds. The van der Waals surface area contributed by atoms with Crippen LogP contribution in [0.3, 0.4) is 0 Å². The predicted molar refractivity (Wildman–Crippen MR) is 97.7 cm³/mol. The average Bonchev–Trinajstić information content (AvgIpc) is 3.05. The third-order valence-electron chi connectivity index (χ3n) is 4.32. The van der Waals surface area contributed by atoms with Crippen LogP contribution in [0.5, 0.6) is 0 Å². The van der Waals surface area contributed by atoms with E-state index >= 15 is 0 Å². The zero-order chi connectivity index (χ0) is 17.1. The van der Waals surface area contributed by atoms with E-state index in [-0.39, 0.29) is 5.91 Å². The minimum atomic E-state index is 0.0692. The molecule has 6 heteroatoms. The summed E-state index contributed by atoms with van der Waals surface area (Å²) in [6.07, 6.45) is 3.67. The van der Waals surface area contributed by atoms with Gasteiger partial charge in [-0.2, -0.15) is 0 Å². The molecule has 0 aliphatic carbocycles.